The molecule has 0 bridgehead atoms. The third-order valence-electron chi connectivity index (χ3n) is 1.00. The lowest BCUT2D eigenvalue weighted by atomic mass is 10.3. The summed E-state index contributed by atoms with van der Waals surface area (Å²) in [5, 5.41) is 0. The van der Waals surface area contributed by atoms with Gasteiger partial charge in [0.25, 0.3) is 0 Å². The summed E-state index contributed by atoms with van der Waals surface area (Å²) in [4.78, 5) is 10.3. The molecule has 0 aromatic rings. The van der Waals surface area contributed by atoms with Crippen LogP contribution in [0.25, 0.3) is 0 Å². The fourth-order valence-corrected chi connectivity index (χ4v) is 0.300. The van der Waals surface area contributed by atoms with Gasteiger partial charge < -0.3 is 4.74 Å². The van der Waals surface area contributed by atoms with Crippen LogP contribution in [0.2, 0.25) is 0 Å². The normalized spacial score (nSPS) is 11.7. The molecule has 0 saturated carbocycles. The highest BCUT2D eigenvalue weighted by atomic mass is 16.5. The summed E-state index contributed by atoms with van der Waals surface area (Å²) in [6, 6.07) is 0. The van der Waals surface area contributed by atoms with Crippen molar-refractivity contribution in [2.75, 3.05) is 0 Å². The Hall–Kier alpha value is -0.970. The molecule has 0 N–H and O–H groups in total. The molecule has 0 spiro atoms. The van der Waals surface area contributed by atoms with Crippen LogP contribution in [0.5, 0.6) is 0 Å². The van der Waals surface area contributed by atoms with Gasteiger partial charge in [-0.3, -0.25) is 0 Å². The third kappa shape index (κ3) is 3.60. The van der Waals surface area contributed by atoms with Crippen LogP contribution in [0.4, 0.5) is 0 Å². The van der Waals surface area contributed by atoms with Crippen LogP contribution in [-0.2, 0) is 9.53 Å². The van der Waals surface area contributed by atoms with Crippen LogP contribution in [-0.4, -0.2) is 12.1 Å². The van der Waals surface area contributed by atoms with Gasteiger partial charge >= 0.3 is 5.97 Å². The summed E-state index contributed by atoms with van der Waals surface area (Å²) in [7, 11) is 0. The van der Waals surface area contributed by atoms with Crippen molar-refractivity contribution in [1.82, 2.24) is 0 Å². The molecule has 0 aliphatic heterocycles. The van der Waals surface area contributed by atoms with E-state index in [1.54, 1.807) is 6.92 Å². The summed E-state index contributed by atoms with van der Waals surface area (Å²) < 4.78 is 4.67. The summed E-state index contributed by atoms with van der Waals surface area (Å²) in [5.74, 6) is 1.29. The Balaban J connectivity index is 3.50. The zero-order valence-electron chi connectivity index (χ0n) is 5.68. The Morgan fingerprint density at radius 1 is 1.89 bits per heavy atom. The maximum Gasteiger partial charge on any atom is 0.384 e. The summed E-state index contributed by atoms with van der Waals surface area (Å²) in [5.41, 5.74) is 0. The van der Waals surface area contributed by atoms with Gasteiger partial charge in [-0.1, -0.05) is 6.92 Å². The highest BCUT2D eigenvalue weighted by molar-refractivity contribution is 5.87. The predicted octanol–water partition coefficient (Wildman–Crippen LogP) is 0.961. The van der Waals surface area contributed by atoms with Crippen molar-refractivity contribution in [3.63, 3.8) is 0 Å². The molecule has 0 saturated heterocycles. The summed E-state index contributed by atoms with van der Waals surface area (Å²) in [6.45, 7) is 3.73. The molecular formula is C7H10O2. The van der Waals surface area contributed by atoms with Gasteiger partial charge in [0, 0.05) is 5.92 Å². The minimum absolute atomic E-state index is 0.0615. The maximum absolute atomic E-state index is 10.3. The maximum atomic E-state index is 10.3. The Morgan fingerprint density at radius 3 is 2.78 bits per heavy atom. The van der Waals surface area contributed by atoms with E-state index in [0.717, 1.165) is 6.42 Å². The average Bonchev–Trinajstić information content (AvgIpc) is 1.87. The fourth-order valence-electron chi connectivity index (χ4n) is 0.300. The summed E-state index contributed by atoms with van der Waals surface area (Å²) in [6.07, 6.45) is 5.49. The Bertz CT molecular complexity index is 132. The number of hydrogen-bond donors (Lipinski definition) is 0. The topological polar surface area (TPSA) is 26.3 Å². The monoisotopic (exact) mass is 126 g/mol. The standard InChI is InChI=1S/C7H10O2/c1-4-6(3)9-7(8)5-2/h2,6H,4H2,1,3H3/t6-/m0/s1. The van der Waals surface area contributed by atoms with Crippen molar-refractivity contribution in [2.45, 2.75) is 26.4 Å². The van der Waals surface area contributed by atoms with Crippen LogP contribution in [0.1, 0.15) is 20.3 Å². The smallest absolute Gasteiger partial charge is 0.384 e. The molecular weight excluding hydrogens is 116 g/mol. The van der Waals surface area contributed by atoms with Crippen molar-refractivity contribution < 1.29 is 9.53 Å². The molecule has 0 aromatic carbocycles. The number of rotatable bonds is 2. The van der Waals surface area contributed by atoms with E-state index in [0.29, 0.717) is 0 Å². The molecule has 0 radical (unpaired) electrons. The first-order valence-electron chi connectivity index (χ1n) is 2.88. The van der Waals surface area contributed by atoms with E-state index in [2.05, 4.69) is 4.74 Å². The van der Waals surface area contributed by atoms with Crippen LogP contribution in [0, 0.1) is 12.3 Å². The van der Waals surface area contributed by atoms with Gasteiger partial charge in [0.2, 0.25) is 0 Å². The Morgan fingerprint density at radius 2 is 2.44 bits per heavy atom. The third-order valence-corrected chi connectivity index (χ3v) is 1.00. The van der Waals surface area contributed by atoms with E-state index >= 15 is 0 Å². The van der Waals surface area contributed by atoms with Gasteiger partial charge in [0.1, 0.15) is 0 Å². The molecule has 0 aliphatic carbocycles. The van der Waals surface area contributed by atoms with Crippen molar-refractivity contribution in [1.29, 1.82) is 0 Å². The second kappa shape index (κ2) is 3.96. The first kappa shape index (κ1) is 8.03. The lowest BCUT2D eigenvalue weighted by molar-refractivity contribution is -0.141. The molecule has 0 aromatic heterocycles. The van der Waals surface area contributed by atoms with Gasteiger partial charge in [-0.15, -0.1) is 6.42 Å². The van der Waals surface area contributed by atoms with E-state index in [-0.39, 0.29) is 6.10 Å². The van der Waals surface area contributed by atoms with Crippen molar-refractivity contribution in [2.24, 2.45) is 0 Å². The first-order valence-corrected chi connectivity index (χ1v) is 2.88. The lowest BCUT2D eigenvalue weighted by Gasteiger charge is -2.05. The SMILES string of the molecule is C#CC(=O)O[C@@H](C)CC. The number of carbonyl (C=O) groups is 1. The van der Waals surface area contributed by atoms with E-state index in [1.807, 2.05) is 12.8 Å². The molecule has 2 nitrogen and oxygen atoms in total. The number of carbonyl (C=O) groups excluding carboxylic acids is 1. The van der Waals surface area contributed by atoms with Crippen molar-refractivity contribution in [3.8, 4) is 12.3 Å². The molecule has 9 heavy (non-hydrogen) atoms. The van der Waals surface area contributed by atoms with Gasteiger partial charge in [-0.05, 0) is 13.3 Å². The van der Waals surface area contributed by atoms with E-state index in [9.17, 15) is 4.79 Å². The molecule has 0 unspecified atom stereocenters. The fraction of sp³-hybridized carbons (Fsp3) is 0.571. The molecule has 0 fully saturated rings. The number of hydrogen-bond acceptors (Lipinski definition) is 2. The van der Waals surface area contributed by atoms with Crippen molar-refractivity contribution >= 4 is 5.97 Å². The molecule has 0 aliphatic rings. The van der Waals surface area contributed by atoms with E-state index < -0.39 is 5.97 Å². The lowest BCUT2D eigenvalue weighted by Crippen LogP contribution is -2.11. The Kier molecular flexibility index (Phi) is 3.54. The molecule has 0 amide bonds. The molecule has 0 rings (SSSR count). The van der Waals surface area contributed by atoms with E-state index in [1.165, 1.54) is 0 Å². The zero-order valence-corrected chi connectivity index (χ0v) is 5.68. The minimum atomic E-state index is -0.579. The quantitative estimate of drug-likeness (QED) is 0.313. The van der Waals surface area contributed by atoms with Crippen LogP contribution in [0.3, 0.4) is 0 Å². The first-order chi connectivity index (χ1) is 4.20. The largest absolute Gasteiger partial charge is 0.453 e. The zero-order chi connectivity index (χ0) is 7.28. The Labute approximate surface area is 55.2 Å². The predicted molar refractivity (Wildman–Crippen MR) is 34.7 cm³/mol. The molecule has 0 heterocycles. The van der Waals surface area contributed by atoms with Gasteiger partial charge in [0.15, 0.2) is 0 Å². The van der Waals surface area contributed by atoms with Crippen LogP contribution in [0.15, 0.2) is 0 Å². The second-order valence-corrected chi connectivity index (χ2v) is 1.77. The van der Waals surface area contributed by atoms with Gasteiger partial charge in [0.05, 0.1) is 6.10 Å². The molecule has 2 heteroatoms. The highest BCUT2D eigenvalue weighted by Crippen LogP contribution is 1.94. The number of esters is 1. The second-order valence-electron chi connectivity index (χ2n) is 1.77. The van der Waals surface area contributed by atoms with Crippen LogP contribution < -0.4 is 0 Å². The van der Waals surface area contributed by atoms with E-state index in [4.69, 9.17) is 6.42 Å². The number of ether oxygens (including phenoxy) is 1. The number of terminal acetylenes is 1. The van der Waals surface area contributed by atoms with Gasteiger partial charge in [-0.25, -0.2) is 4.79 Å². The minimum Gasteiger partial charge on any atom is -0.453 e. The molecule has 50 valence electrons. The van der Waals surface area contributed by atoms with Crippen molar-refractivity contribution in [3.05, 3.63) is 0 Å². The molecule has 1 atom stereocenters. The summed E-state index contributed by atoms with van der Waals surface area (Å²) >= 11 is 0. The van der Waals surface area contributed by atoms with Gasteiger partial charge in [-0.2, -0.15) is 0 Å². The highest BCUT2D eigenvalue weighted by Gasteiger charge is 2.01. The van der Waals surface area contributed by atoms with Crippen LogP contribution >= 0.6 is 0 Å². The average molecular weight is 126 g/mol.